The molecule has 0 spiro atoms. The van der Waals surface area contributed by atoms with Gasteiger partial charge in [-0.05, 0) is 38.3 Å². The van der Waals surface area contributed by atoms with Gasteiger partial charge in [-0.25, -0.2) is 4.98 Å². The maximum absolute atomic E-state index is 13.7. The largest absolute Gasteiger partial charge is 0.466 e. The molecule has 0 atom stereocenters. The second-order valence-electron chi connectivity index (χ2n) is 9.32. The van der Waals surface area contributed by atoms with E-state index in [0.717, 1.165) is 33.2 Å². The molecule has 0 unspecified atom stereocenters. The highest BCUT2D eigenvalue weighted by atomic mass is 32.1. The maximum Gasteiger partial charge on any atom is 0.309 e. The van der Waals surface area contributed by atoms with Crippen LogP contribution in [-0.2, 0) is 16.1 Å². The van der Waals surface area contributed by atoms with Gasteiger partial charge in [-0.1, -0.05) is 60.7 Å². The lowest BCUT2D eigenvalue weighted by atomic mass is 9.96. The molecule has 6 nitrogen and oxygen atoms in total. The summed E-state index contributed by atoms with van der Waals surface area (Å²) in [6.45, 7) is 5.97. The van der Waals surface area contributed by atoms with Crippen LogP contribution in [0.3, 0.4) is 0 Å². The summed E-state index contributed by atoms with van der Waals surface area (Å²) in [4.78, 5) is 32.6. The number of nitrogens with zero attached hydrogens (tertiary/aromatic N) is 3. The van der Waals surface area contributed by atoms with Crippen LogP contribution in [-0.4, -0.2) is 46.0 Å². The molecule has 1 aliphatic rings. The molecule has 0 N–H and O–H groups in total. The lowest BCUT2D eigenvalue weighted by Crippen LogP contribution is -2.40. The van der Waals surface area contributed by atoms with Gasteiger partial charge in [-0.2, -0.15) is 0 Å². The van der Waals surface area contributed by atoms with Crippen LogP contribution in [0.5, 0.6) is 0 Å². The number of amides is 1. The number of hydrogen-bond acceptors (Lipinski definition) is 5. The lowest BCUT2D eigenvalue weighted by molar-refractivity contribution is -0.149. The Kier molecular flexibility index (Phi) is 7.51. The highest BCUT2D eigenvalue weighted by molar-refractivity contribution is 7.13. The van der Waals surface area contributed by atoms with Gasteiger partial charge in [0.2, 0.25) is 0 Å². The van der Waals surface area contributed by atoms with Gasteiger partial charge in [0.05, 0.1) is 29.5 Å². The number of hydrogen-bond donors (Lipinski definition) is 0. The summed E-state index contributed by atoms with van der Waals surface area (Å²) >= 11 is 1.61. The second kappa shape index (κ2) is 11.1. The first-order valence-electron chi connectivity index (χ1n) is 12.8. The third-order valence-corrected chi connectivity index (χ3v) is 7.86. The van der Waals surface area contributed by atoms with E-state index in [1.54, 1.807) is 11.3 Å². The minimum atomic E-state index is -0.153. The van der Waals surface area contributed by atoms with Gasteiger partial charge in [0, 0.05) is 36.3 Å². The number of carbonyl (C=O) groups excluding carboxylic acids is 2. The van der Waals surface area contributed by atoms with Crippen LogP contribution in [0, 0.1) is 12.8 Å². The summed E-state index contributed by atoms with van der Waals surface area (Å²) < 4.78 is 7.38. The standard InChI is InChI=1S/C30H31N3O3S/c1-3-36-30(35)24-14-16-32(17-15-24)29(34)25-18-27(33(21(25)2)19-22-10-6-4-7-11-22)26-20-37-28(31-26)23-12-8-5-9-13-23/h4-13,18,20,24H,3,14-17,19H2,1-2H3. The first kappa shape index (κ1) is 25.0. The molecule has 1 fully saturated rings. The van der Waals surface area contributed by atoms with Gasteiger partial charge in [0.25, 0.3) is 5.91 Å². The molecule has 4 aromatic rings. The van der Waals surface area contributed by atoms with Crippen molar-refractivity contribution in [1.82, 2.24) is 14.5 Å². The summed E-state index contributed by atoms with van der Waals surface area (Å²) in [5.41, 5.74) is 5.65. The van der Waals surface area contributed by atoms with E-state index in [1.165, 1.54) is 0 Å². The Morgan fingerprint density at radius 2 is 1.70 bits per heavy atom. The van der Waals surface area contributed by atoms with Crippen LogP contribution in [0.4, 0.5) is 0 Å². The average Bonchev–Trinajstić information content (AvgIpc) is 3.55. The quantitative estimate of drug-likeness (QED) is 0.282. The number of aromatic nitrogens is 2. The monoisotopic (exact) mass is 513 g/mol. The average molecular weight is 514 g/mol. The summed E-state index contributed by atoms with van der Waals surface area (Å²) in [6, 6.07) is 22.4. The van der Waals surface area contributed by atoms with E-state index in [4.69, 9.17) is 9.72 Å². The number of thiazole rings is 1. The Morgan fingerprint density at radius 3 is 2.38 bits per heavy atom. The molecule has 1 amide bonds. The van der Waals surface area contributed by atoms with Gasteiger partial charge in [-0.3, -0.25) is 9.59 Å². The summed E-state index contributed by atoms with van der Waals surface area (Å²) in [7, 11) is 0. The molecule has 2 aromatic heterocycles. The van der Waals surface area contributed by atoms with E-state index in [2.05, 4.69) is 34.2 Å². The molecule has 37 heavy (non-hydrogen) atoms. The predicted molar refractivity (Wildman–Crippen MR) is 147 cm³/mol. The molecule has 1 saturated heterocycles. The van der Waals surface area contributed by atoms with E-state index in [0.29, 0.717) is 44.6 Å². The number of likely N-dealkylation sites (tertiary alicyclic amines) is 1. The van der Waals surface area contributed by atoms with Crippen LogP contribution >= 0.6 is 11.3 Å². The minimum Gasteiger partial charge on any atom is -0.466 e. The molecule has 2 aromatic carbocycles. The number of ether oxygens (including phenoxy) is 1. The minimum absolute atomic E-state index is 0.00591. The van der Waals surface area contributed by atoms with E-state index in [9.17, 15) is 9.59 Å². The Labute approximate surface area is 221 Å². The molecule has 0 bridgehead atoms. The molecule has 0 saturated carbocycles. The zero-order valence-corrected chi connectivity index (χ0v) is 22.0. The number of benzene rings is 2. The zero-order chi connectivity index (χ0) is 25.8. The van der Waals surface area contributed by atoms with E-state index in [1.807, 2.05) is 61.2 Å². The van der Waals surface area contributed by atoms with Crippen LogP contribution in [0.1, 0.15) is 41.4 Å². The van der Waals surface area contributed by atoms with Gasteiger partial charge >= 0.3 is 5.97 Å². The van der Waals surface area contributed by atoms with Crippen LogP contribution < -0.4 is 0 Å². The maximum atomic E-state index is 13.7. The molecule has 0 radical (unpaired) electrons. The highest BCUT2D eigenvalue weighted by Crippen LogP contribution is 2.33. The highest BCUT2D eigenvalue weighted by Gasteiger charge is 2.30. The number of esters is 1. The molecule has 3 heterocycles. The topological polar surface area (TPSA) is 64.4 Å². The van der Waals surface area contributed by atoms with Crippen molar-refractivity contribution in [1.29, 1.82) is 0 Å². The Balaban J connectivity index is 1.45. The van der Waals surface area contributed by atoms with Crippen molar-refractivity contribution >= 4 is 23.2 Å². The normalized spacial score (nSPS) is 14.1. The third kappa shape index (κ3) is 5.37. The Hall–Kier alpha value is -3.71. The van der Waals surface area contributed by atoms with Crippen molar-refractivity contribution in [2.24, 2.45) is 5.92 Å². The smallest absolute Gasteiger partial charge is 0.309 e. The van der Waals surface area contributed by atoms with Crippen molar-refractivity contribution in [3.8, 4) is 22.0 Å². The van der Waals surface area contributed by atoms with Crippen molar-refractivity contribution in [3.63, 3.8) is 0 Å². The molecule has 5 rings (SSSR count). The molecular formula is C30H31N3O3S. The fraction of sp³-hybridized carbons (Fsp3) is 0.300. The zero-order valence-electron chi connectivity index (χ0n) is 21.2. The van der Waals surface area contributed by atoms with E-state index < -0.39 is 0 Å². The first-order valence-corrected chi connectivity index (χ1v) is 13.6. The summed E-state index contributed by atoms with van der Waals surface area (Å²) in [5, 5.41) is 3.02. The van der Waals surface area contributed by atoms with Crippen molar-refractivity contribution in [2.75, 3.05) is 19.7 Å². The van der Waals surface area contributed by atoms with Crippen LogP contribution in [0.2, 0.25) is 0 Å². The molecule has 190 valence electrons. The number of rotatable bonds is 7. The van der Waals surface area contributed by atoms with Gasteiger partial charge < -0.3 is 14.2 Å². The van der Waals surface area contributed by atoms with Gasteiger partial charge in [-0.15, -0.1) is 11.3 Å². The van der Waals surface area contributed by atoms with Gasteiger partial charge in [0.15, 0.2) is 0 Å². The molecule has 7 heteroatoms. The van der Waals surface area contributed by atoms with Crippen molar-refractivity contribution in [3.05, 3.63) is 88.9 Å². The summed E-state index contributed by atoms with van der Waals surface area (Å²) in [5.74, 6) is -0.277. The lowest BCUT2D eigenvalue weighted by Gasteiger charge is -2.31. The fourth-order valence-electron chi connectivity index (χ4n) is 4.90. The SMILES string of the molecule is CCOC(=O)C1CCN(C(=O)c2cc(-c3csc(-c4ccccc4)n3)n(Cc3ccccc3)c2C)CC1. The second-order valence-corrected chi connectivity index (χ2v) is 10.2. The van der Waals surface area contributed by atoms with Crippen LogP contribution in [0.15, 0.2) is 72.1 Å². The Morgan fingerprint density at radius 1 is 1.03 bits per heavy atom. The predicted octanol–water partition coefficient (Wildman–Crippen LogP) is 6.05. The fourth-order valence-corrected chi connectivity index (χ4v) is 5.72. The van der Waals surface area contributed by atoms with E-state index in [-0.39, 0.29) is 17.8 Å². The number of carbonyl (C=O) groups is 2. The van der Waals surface area contributed by atoms with Gasteiger partial charge in [0.1, 0.15) is 5.01 Å². The van der Waals surface area contributed by atoms with Crippen molar-refractivity contribution < 1.29 is 14.3 Å². The van der Waals surface area contributed by atoms with Crippen LogP contribution in [0.25, 0.3) is 22.0 Å². The molecule has 0 aliphatic carbocycles. The van der Waals surface area contributed by atoms with Crippen molar-refractivity contribution in [2.45, 2.75) is 33.2 Å². The molecule has 1 aliphatic heterocycles. The number of piperidine rings is 1. The van der Waals surface area contributed by atoms with E-state index >= 15 is 0 Å². The summed E-state index contributed by atoms with van der Waals surface area (Å²) in [6.07, 6.45) is 1.27. The molecular weight excluding hydrogens is 482 g/mol. The first-order chi connectivity index (χ1) is 18.0. The Bertz CT molecular complexity index is 1370. The third-order valence-electron chi connectivity index (χ3n) is 6.97.